The average molecular weight is 233 g/mol. The van der Waals surface area contributed by atoms with E-state index >= 15 is 0 Å². The summed E-state index contributed by atoms with van der Waals surface area (Å²) in [6, 6.07) is 11.1. The molecule has 0 saturated carbocycles. The van der Waals surface area contributed by atoms with Gasteiger partial charge in [0.05, 0.1) is 12.7 Å². The minimum absolute atomic E-state index is 0.227. The molecule has 0 radical (unpaired) electrons. The molecule has 1 aromatic carbocycles. The molecule has 1 fully saturated rings. The first kappa shape index (κ1) is 12.6. The third-order valence-corrected chi connectivity index (χ3v) is 3.38. The standard InChI is InChI=1S/C15H23NO/c1-15(2,3)14-10-16-13(11-17-14)9-12-7-5-4-6-8-12/h4-8,13-14,16H,9-11H2,1-3H3. The van der Waals surface area contributed by atoms with E-state index in [1.807, 2.05) is 0 Å². The molecular weight excluding hydrogens is 210 g/mol. The second-order valence-electron chi connectivity index (χ2n) is 5.98. The zero-order chi connectivity index (χ0) is 12.3. The van der Waals surface area contributed by atoms with Crippen molar-refractivity contribution in [3.63, 3.8) is 0 Å². The molecule has 2 nitrogen and oxygen atoms in total. The average Bonchev–Trinajstić information content (AvgIpc) is 2.30. The van der Waals surface area contributed by atoms with E-state index in [0.29, 0.717) is 12.1 Å². The second kappa shape index (κ2) is 5.19. The molecule has 2 rings (SSSR count). The maximum Gasteiger partial charge on any atom is 0.0748 e. The van der Waals surface area contributed by atoms with E-state index in [9.17, 15) is 0 Å². The van der Waals surface area contributed by atoms with Gasteiger partial charge >= 0.3 is 0 Å². The van der Waals surface area contributed by atoms with Crippen molar-refractivity contribution >= 4 is 0 Å². The van der Waals surface area contributed by atoms with Crippen molar-refractivity contribution in [3.05, 3.63) is 35.9 Å². The van der Waals surface area contributed by atoms with E-state index in [0.717, 1.165) is 19.6 Å². The van der Waals surface area contributed by atoms with Crippen molar-refractivity contribution in [1.82, 2.24) is 5.32 Å². The van der Waals surface area contributed by atoms with Gasteiger partial charge in [0.2, 0.25) is 0 Å². The monoisotopic (exact) mass is 233 g/mol. The van der Waals surface area contributed by atoms with E-state index in [-0.39, 0.29) is 5.41 Å². The third-order valence-electron chi connectivity index (χ3n) is 3.38. The molecule has 17 heavy (non-hydrogen) atoms. The van der Waals surface area contributed by atoms with Crippen molar-refractivity contribution in [2.45, 2.75) is 39.3 Å². The normalized spacial score (nSPS) is 25.8. The van der Waals surface area contributed by atoms with Gasteiger partial charge in [-0.2, -0.15) is 0 Å². The number of nitrogens with one attached hydrogen (secondary N) is 1. The SMILES string of the molecule is CC(C)(C)C1CNC(Cc2ccccc2)CO1. The van der Waals surface area contributed by atoms with E-state index in [2.05, 4.69) is 56.4 Å². The van der Waals surface area contributed by atoms with E-state index in [4.69, 9.17) is 4.74 Å². The Labute approximate surface area is 104 Å². The highest BCUT2D eigenvalue weighted by atomic mass is 16.5. The highest BCUT2D eigenvalue weighted by Gasteiger charge is 2.30. The summed E-state index contributed by atoms with van der Waals surface area (Å²) in [6.07, 6.45) is 1.38. The van der Waals surface area contributed by atoms with E-state index in [1.54, 1.807) is 0 Å². The van der Waals surface area contributed by atoms with Crippen LogP contribution in [0, 0.1) is 5.41 Å². The van der Waals surface area contributed by atoms with Crippen LogP contribution in [0.1, 0.15) is 26.3 Å². The molecule has 0 amide bonds. The van der Waals surface area contributed by atoms with Crippen LogP contribution in [0.5, 0.6) is 0 Å². The van der Waals surface area contributed by atoms with Crippen molar-refractivity contribution < 1.29 is 4.74 Å². The van der Waals surface area contributed by atoms with Gasteiger partial charge < -0.3 is 10.1 Å². The predicted molar refractivity (Wildman–Crippen MR) is 71.1 cm³/mol. The molecule has 1 saturated heterocycles. The van der Waals surface area contributed by atoms with Gasteiger partial charge in [0.1, 0.15) is 0 Å². The van der Waals surface area contributed by atoms with Gasteiger partial charge in [-0.25, -0.2) is 0 Å². The lowest BCUT2D eigenvalue weighted by molar-refractivity contribution is -0.0535. The number of rotatable bonds is 2. The molecule has 0 aliphatic carbocycles. The fraction of sp³-hybridized carbons (Fsp3) is 0.600. The minimum atomic E-state index is 0.227. The number of hydrogen-bond donors (Lipinski definition) is 1. The summed E-state index contributed by atoms with van der Waals surface area (Å²) in [7, 11) is 0. The van der Waals surface area contributed by atoms with Crippen LogP contribution < -0.4 is 5.32 Å². The Kier molecular flexibility index (Phi) is 3.85. The summed E-state index contributed by atoms with van der Waals surface area (Å²) in [5.41, 5.74) is 1.60. The second-order valence-corrected chi connectivity index (χ2v) is 5.98. The molecule has 0 aromatic heterocycles. The maximum absolute atomic E-state index is 5.96. The molecule has 0 spiro atoms. The Bertz CT molecular complexity index is 334. The Morgan fingerprint density at radius 2 is 1.94 bits per heavy atom. The fourth-order valence-corrected chi connectivity index (χ4v) is 2.21. The Morgan fingerprint density at radius 3 is 2.47 bits per heavy atom. The zero-order valence-electron chi connectivity index (χ0n) is 11.1. The number of ether oxygens (including phenoxy) is 1. The largest absolute Gasteiger partial charge is 0.375 e. The highest BCUT2D eigenvalue weighted by Crippen LogP contribution is 2.24. The lowest BCUT2D eigenvalue weighted by atomic mass is 9.88. The third kappa shape index (κ3) is 3.55. The minimum Gasteiger partial charge on any atom is -0.375 e. The van der Waals surface area contributed by atoms with Crippen molar-refractivity contribution in [3.8, 4) is 0 Å². The van der Waals surface area contributed by atoms with Crippen LogP contribution in [0.2, 0.25) is 0 Å². The quantitative estimate of drug-likeness (QED) is 0.848. The molecule has 1 heterocycles. The summed E-state index contributed by atoms with van der Waals surface area (Å²) < 4.78 is 5.96. The van der Waals surface area contributed by atoms with E-state index < -0.39 is 0 Å². The van der Waals surface area contributed by atoms with Crippen molar-refractivity contribution in [2.24, 2.45) is 5.41 Å². The van der Waals surface area contributed by atoms with Crippen LogP contribution in [0.15, 0.2) is 30.3 Å². The van der Waals surface area contributed by atoms with Crippen LogP contribution in [0.25, 0.3) is 0 Å². The van der Waals surface area contributed by atoms with Gasteiger partial charge in [-0.1, -0.05) is 51.1 Å². The highest BCUT2D eigenvalue weighted by molar-refractivity contribution is 5.16. The molecule has 1 N–H and O–H groups in total. The maximum atomic E-state index is 5.96. The first-order valence-corrected chi connectivity index (χ1v) is 6.44. The molecule has 1 aliphatic heterocycles. The van der Waals surface area contributed by atoms with Gasteiger partial charge in [-0.3, -0.25) is 0 Å². The van der Waals surface area contributed by atoms with Crippen LogP contribution in [0.3, 0.4) is 0 Å². The molecule has 0 bridgehead atoms. The molecule has 94 valence electrons. The molecular formula is C15H23NO. The smallest absolute Gasteiger partial charge is 0.0748 e. The molecule has 1 aromatic rings. The Morgan fingerprint density at radius 1 is 1.24 bits per heavy atom. The summed E-state index contributed by atoms with van der Waals surface area (Å²) in [4.78, 5) is 0. The van der Waals surface area contributed by atoms with Gasteiger partial charge in [-0.15, -0.1) is 0 Å². The molecule has 2 unspecified atom stereocenters. The number of hydrogen-bond acceptors (Lipinski definition) is 2. The Hall–Kier alpha value is -0.860. The van der Waals surface area contributed by atoms with E-state index in [1.165, 1.54) is 5.56 Å². The van der Waals surface area contributed by atoms with Crippen molar-refractivity contribution in [1.29, 1.82) is 0 Å². The van der Waals surface area contributed by atoms with Gasteiger partial charge in [0.25, 0.3) is 0 Å². The Balaban J connectivity index is 1.84. The fourth-order valence-electron chi connectivity index (χ4n) is 2.21. The molecule has 2 heteroatoms. The number of benzene rings is 1. The molecule has 2 atom stereocenters. The van der Waals surface area contributed by atoms with Gasteiger partial charge in [0.15, 0.2) is 0 Å². The van der Waals surface area contributed by atoms with Gasteiger partial charge in [0, 0.05) is 12.6 Å². The zero-order valence-corrected chi connectivity index (χ0v) is 11.1. The van der Waals surface area contributed by atoms with Crippen molar-refractivity contribution in [2.75, 3.05) is 13.2 Å². The van der Waals surface area contributed by atoms with Crippen LogP contribution in [-0.4, -0.2) is 25.3 Å². The predicted octanol–water partition coefficient (Wildman–Crippen LogP) is 2.63. The topological polar surface area (TPSA) is 21.3 Å². The van der Waals surface area contributed by atoms with Crippen LogP contribution in [0.4, 0.5) is 0 Å². The summed E-state index contributed by atoms with van der Waals surface area (Å²) >= 11 is 0. The summed E-state index contributed by atoms with van der Waals surface area (Å²) in [5, 5.41) is 3.60. The summed E-state index contributed by atoms with van der Waals surface area (Å²) in [6.45, 7) is 8.47. The summed E-state index contributed by atoms with van der Waals surface area (Å²) in [5.74, 6) is 0. The van der Waals surface area contributed by atoms with Gasteiger partial charge in [-0.05, 0) is 17.4 Å². The lowest BCUT2D eigenvalue weighted by Crippen LogP contribution is -2.51. The van der Waals surface area contributed by atoms with Crippen LogP contribution >= 0.6 is 0 Å². The first-order chi connectivity index (χ1) is 8.05. The molecule has 1 aliphatic rings. The van der Waals surface area contributed by atoms with Crippen LogP contribution in [-0.2, 0) is 11.2 Å². The number of morpholine rings is 1. The lowest BCUT2D eigenvalue weighted by Gasteiger charge is -2.37. The first-order valence-electron chi connectivity index (χ1n) is 6.44.